The van der Waals surface area contributed by atoms with Crippen molar-refractivity contribution in [1.82, 2.24) is 5.32 Å². The topological polar surface area (TPSA) is 73.6 Å². The van der Waals surface area contributed by atoms with Crippen molar-refractivity contribution in [2.45, 2.75) is 19.9 Å². The second-order valence-corrected chi connectivity index (χ2v) is 3.82. The number of nitrogens with one attached hydrogen (secondary N) is 1. The molecule has 0 aliphatic rings. The Morgan fingerprint density at radius 1 is 1.44 bits per heavy atom. The second kappa shape index (κ2) is 7.55. The van der Waals surface area contributed by atoms with Crippen molar-refractivity contribution in [3.8, 4) is 11.5 Å². The highest BCUT2D eigenvalue weighted by Gasteiger charge is 2.06. The maximum atomic E-state index is 10.7. The van der Waals surface area contributed by atoms with Crippen LogP contribution in [-0.2, 0) is 11.3 Å². The Bertz CT molecular complexity index is 394. The van der Waals surface area contributed by atoms with Crippen LogP contribution in [0.5, 0.6) is 11.5 Å². The predicted molar refractivity (Wildman–Crippen MR) is 69.7 cm³/mol. The van der Waals surface area contributed by atoms with Crippen molar-refractivity contribution >= 4 is 5.91 Å². The van der Waals surface area contributed by atoms with Gasteiger partial charge in [-0.1, -0.05) is 6.92 Å². The van der Waals surface area contributed by atoms with Crippen molar-refractivity contribution in [2.24, 2.45) is 5.73 Å². The summed E-state index contributed by atoms with van der Waals surface area (Å²) in [5, 5.41) is 3.23. The van der Waals surface area contributed by atoms with Crippen molar-refractivity contribution in [1.29, 1.82) is 0 Å². The number of hydrogen-bond acceptors (Lipinski definition) is 4. The first-order valence-electron chi connectivity index (χ1n) is 5.96. The van der Waals surface area contributed by atoms with Gasteiger partial charge in [-0.15, -0.1) is 0 Å². The summed E-state index contributed by atoms with van der Waals surface area (Å²) in [5.74, 6) is 1.17. The third-order valence-corrected chi connectivity index (χ3v) is 2.44. The molecule has 0 atom stereocenters. The van der Waals surface area contributed by atoms with E-state index >= 15 is 0 Å². The van der Waals surface area contributed by atoms with Gasteiger partial charge in [-0.2, -0.15) is 0 Å². The van der Waals surface area contributed by atoms with Crippen LogP contribution in [0.3, 0.4) is 0 Å². The van der Waals surface area contributed by atoms with Gasteiger partial charge in [0.1, 0.15) is 11.5 Å². The van der Waals surface area contributed by atoms with Crippen LogP contribution in [0.2, 0.25) is 0 Å². The number of benzene rings is 1. The SMILES string of the molecule is CCNCc1cc(OC)ccc1OCCC(N)=O. The molecule has 0 aliphatic heterocycles. The van der Waals surface area contributed by atoms with Crippen LogP contribution < -0.4 is 20.5 Å². The summed E-state index contributed by atoms with van der Waals surface area (Å²) in [4.78, 5) is 10.7. The molecule has 3 N–H and O–H groups in total. The van der Waals surface area contributed by atoms with Gasteiger partial charge < -0.3 is 20.5 Å². The Balaban J connectivity index is 2.71. The molecule has 0 unspecified atom stereocenters. The zero-order valence-electron chi connectivity index (χ0n) is 10.9. The van der Waals surface area contributed by atoms with Crippen LogP contribution in [0.15, 0.2) is 18.2 Å². The molecule has 1 rings (SSSR count). The van der Waals surface area contributed by atoms with E-state index in [1.165, 1.54) is 0 Å². The lowest BCUT2D eigenvalue weighted by Crippen LogP contribution is -2.16. The fourth-order valence-electron chi connectivity index (χ4n) is 1.48. The molecule has 0 aliphatic carbocycles. The molecule has 0 heterocycles. The van der Waals surface area contributed by atoms with E-state index in [2.05, 4.69) is 5.32 Å². The third kappa shape index (κ3) is 4.63. The highest BCUT2D eigenvalue weighted by Crippen LogP contribution is 2.24. The molecule has 0 bridgehead atoms. The number of methoxy groups -OCH3 is 1. The minimum absolute atomic E-state index is 0.215. The highest BCUT2D eigenvalue weighted by molar-refractivity contribution is 5.73. The van der Waals surface area contributed by atoms with Crippen LogP contribution in [0, 0.1) is 0 Å². The van der Waals surface area contributed by atoms with Gasteiger partial charge in [-0.3, -0.25) is 4.79 Å². The lowest BCUT2D eigenvalue weighted by molar-refractivity contribution is -0.118. The summed E-state index contributed by atoms with van der Waals surface area (Å²) in [5.41, 5.74) is 6.07. The third-order valence-electron chi connectivity index (χ3n) is 2.44. The molecule has 0 saturated carbocycles. The fourth-order valence-corrected chi connectivity index (χ4v) is 1.48. The smallest absolute Gasteiger partial charge is 0.220 e. The number of carbonyl (C=O) groups is 1. The maximum absolute atomic E-state index is 10.7. The summed E-state index contributed by atoms with van der Waals surface area (Å²) in [6, 6.07) is 5.59. The van der Waals surface area contributed by atoms with Gasteiger partial charge in [-0.25, -0.2) is 0 Å². The molecule has 100 valence electrons. The summed E-state index contributed by atoms with van der Waals surface area (Å²) in [6.07, 6.45) is 0.215. The Labute approximate surface area is 107 Å². The number of primary amides is 1. The van der Waals surface area contributed by atoms with Gasteiger partial charge in [-0.05, 0) is 24.7 Å². The molecular formula is C13H20N2O3. The molecule has 18 heavy (non-hydrogen) atoms. The van der Waals surface area contributed by atoms with E-state index < -0.39 is 0 Å². The van der Waals surface area contributed by atoms with Gasteiger partial charge in [0, 0.05) is 12.1 Å². The minimum Gasteiger partial charge on any atom is -0.497 e. The zero-order chi connectivity index (χ0) is 13.4. The number of carbonyl (C=O) groups excluding carboxylic acids is 1. The molecule has 1 aromatic rings. The predicted octanol–water partition coefficient (Wildman–Crippen LogP) is 1.06. The maximum Gasteiger partial charge on any atom is 0.220 e. The monoisotopic (exact) mass is 252 g/mol. The number of amides is 1. The van der Waals surface area contributed by atoms with Crippen LogP contribution in [0.4, 0.5) is 0 Å². The van der Waals surface area contributed by atoms with Crippen LogP contribution in [-0.4, -0.2) is 26.2 Å². The molecule has 0 spiro atoms. The number of hydrogen-bond donors (Lipinski definition) is 2. The van der Waals surface area contributed by atoms with Gasteiger partial charge in [0.05, 0.1) is 20.1 Å². The van der Waals surface area contributed by atoms with E-state index in [1.54, 1.807) is 7.11 Å². The highest BCUT2D eigenvalue weighted by atomic mass is 16.5. The molecule has 0 saturated heterocycles. The summed E-state index contributed by atoms with van der Waals surface area (Å²) >= 11 is 0. The lowest BCUT2D eigenvalue weighted by Gasteiger charge is -2.12. The van der Waals surface area contributed by atoms with E-state index in [0.717, 1.165) is 23.6 Å². The van der Waals surface area contributed by atoms with E-state index in [9.17, 15) is 4.79 Å². The number of nitrogens with two attached hydrogens (primary N) is 1. The van der Waals surface area contributed by atoms with Crippen LogP contribution in [0.1, 0.15) is 18.9 Å². The zero-order valence-corrected chi connectivity index (χ0v) is 10.9. The Kier molecular flexibility index (Phi) is 6.00. The van der Waals surface area contributed by atoms with Crippen molar-refractivity contribution in [3.63, 3.8) is 0 Å². The molecule has 0 fully saturated rings. The second-order valence-electron chi connectivity index (χ2n) is 3.82. The Morgan fingerprint density at radius 2 is 2.22 bits per heavy atom. The molecular weight excluding hydrogens is 232 g/mol. The normalized spacial score (nSPS) is 10.1. The first kappa shape index (κ1) is 14.3. The van der Waals surface area contributed by atoms with Crippen molar-refractivity contribution in [2.75, 3.05) is 20.3 Å². The average molecular weight is 252 g/mol. The van der Waals surface area contributed by atoms with Crippen LogP contribution >= 0.6 is 0 Å². The molecule has 0 aromatic heterocycles. The first-order chi connectivity index (χ1) is 8.67. The first-order valence-corrected chi connectivity index (χ1v) is 5.96. The largest absolute Gasteiger partial charge is 0.497 e. The quantitative estimate of drug-likeness (QED) is 0.725. The van der Waals surface area contributed by atoms with Gasteiger partial charge >= 0.3 is 0 Å². The van der Waals surface area contributed by atoms with E-state index in [0.29, 0.717) is 13.2 Å². The molecule has 5 nitrogen and oxygen atoms in total. The number of rotatable bonds is 8. The van der Waals surface area contributed by atoms with Gasteiger partial charge in [0.25, 0.3) is 0 Å². The summed E-state index contributed by atoms with van der Waals surface area (Å²) in [7, 11) is 1.62. The van der Waals surface area contributed by atoms with Crippen molar-refractivity contribution < 1.29 is 14.3 Å². The van der Waals surface area contributed by atoms with E-state index in [1.807, 2.05) is 25.1 Å². The van der Waals surface area contributed by atoms with E-state index in [4.69, 9.17) is 15.2 Å². The minimum atomic E-state index is -0.364. The van der Waals surface area contributed by atoms with Gasteiger partial charge in [0.2, 0.25) is 5.91 Å². The lowest BCUT2D eigenvalue weighted by atomic mass is 10.2. The van der Waals surface area contributed by atoms with Crippen molar-refractivity contribution in [3.05, 3.63) is 23.8 Å². The Hall–Kier alpha value is -1.75. The van der Waals surface area contributed by atoms with E-state index in [-0.39, 0.29) is 12.3 Å². The Morgan fingerprint density at radius 3 is 2.83 bits per heavy atom. The summed E-state index contributed by atoms with van der Waals surface area (Å²) in [6.45, 7) is 3.89. The fraction of sp³-hybridized carbons (Fsp3) is 0.462. The average Bonchev–Trinajstić information content (AvgIpc) is 2.36. The van der Waals surface area contributed by atoms with Crippen LogP contribution in [0.25, 0.3) is 0 Å². The molecule has 1 aromatic carbocycles. The molecule has 1 amide bonds. The standard InChI is InChI=1S/C13H20N2O3/c1-3-15-9-10-8-11(17-2)4-5-12(10)18-7-6-13(14)16/h4-5,8,15H,3,6-7,9H2,1-2H3,(H2,14,16). The van der Waals surface area contributed by atoms with Gasteiger partial charge in [0.15, 0.2) is 0 Å². The number of ether oxygens (including phenoxy) is 2. The molecule has 0 radical (unpaired) electrons. The molecule has 5 heteroatoms. The summed E-state index contributed by atoms with van der Waals surface area (Å²) < 4.78 is 10.7.